The van der Waals surface area contributed by atoms with E-state index in [0.29, 0.717) is 13.2 Å². The molecule has 1 rings (SSSR count). The molecule has 4 nitrogen and oxygen atoms in total. The van der Waals surface area contributed by atoms with Crippen molar-refractivity contribution >= 4 is 11.6 Å². The molecule has 0 unspecified atom stereocenters. The van der Waals surface area contributed by atoms with E-state index in [2.05, 4.69) is 12.2 Å². The molecule has 0 saturated heterocycles. The number of hydrogen-bond acceptors (Lipinski definition) is 3. The minimum Gasteiger partial charge on any atom is -0.370 e. The zero-order valence-electron chi connectivity index (χ0n) is 10.5. The predicted molar refractivity (Wildman–Crippen MR) is 69.1 cm³/mol. The number of anilines is 1. The highest BCUT2D eigenvalue weighted by Gasteiger charge is 2.08. The van der Waals surface area contributed by atoms with Crippen LogP contribution in [0.1, 0.15) is 18.1 Å². The molecule has 0 bridgehead atoms. The SMILES string of the molecule is CCc1cccc(C)c1NC(=O)COCCN. The monoisotopic (exact) mass is 236 g/mol. The van der Waals surface area contributed by atoms with E-state index in [0.717, 1.165) is 23.2 Å². The Morgan fingerprint density at radius 2 is 2.24 bits per heavy atom. The molecule has 0 aliphatic rings. The van der Waals surface area contributed by atoms with Crippen molar-refractivity contribution in [2.75, 3.05) is 25.1 Å². The molecule has 1 aromatic rings. The highest BCUT2D eigenvalue weighted by molar-refractivity contribution is 5.93. The van der Waals surface area contributed by atoms with Gasteiger partial charge in [0.15, 0.2) is 0 Å². The molecule has 1 amide bonds. The molecule has 17 heavy (non-hydrogen) atoms. The molecule has 3 N–H and O–H groups in total. The van der Waals surface area contributed by atoms with Crippen molar-refractivity contribution in [3.8, 4) is 0 Å². The van der Waals surface area contributed by atoms with Gasteiger partial charge >= 0.3 is 0 Å². The van der Waals surface area contributed by atoms with Crippen LogP contribution >= 0.6 is 0 Å². The van der Waals surface area contributed by atoms with Gasteiger partial charge in [0.2, 0.25) is 5.91 Å². The van der Waals surface area contributed by atoms with E-state index >= 15 is 0 Å². The van der Waals surface area contributed by atoms with Crippen molar-refractivity contribution in [2.45, 2.75) is 20.3 Å². The largest absolute Gasteiger partial charge is 0.370 e. The summed E-state index contributed by atoms with van der Waals surface area (Å²) in [5, 5.41) is 2.88. The van der Waals surface area contributed by atoms with Gasteiger partial charge in [-0.1, -0.05) is 25.1 Å². The summed E-state index contributed by atoms with van der Waals surface area (Å²) in [7, 11) is 0. The molecule has 0 aromatic heterocycles. The van der Waals surface area contributed by atoms with E-state index in [4.69, 9.17) is 10.5 Å². The third-order valence-corrected chi connectivity index (χ3v) is 2.50. The number of carbonyl (C=O) groups excluding carboxylic acids is 1. The van der Waals surface area contributed by atoms with E-state index in [1.165, 1.54) is 0 Å². The minimum atomic E-state index is -0.137. The fourth-order valence-electron chi connectivity index (χ4n) is 1.63. The average molecular weight is 236 g/mol. The topological polar surface area (TPSA) is 64.3 Å². The average Bonchev–Trinajstić information content (AvgIpc) is 2.32. The number of hydrogen-bond donors (Lipinski definition) is 2. The van der Waals surface area contributed by atoms with Crippen LogP contribution < -0.4 is 11.1 Å². The Bertz CT molecular complexity index is 378. The number of nitrogens with two attached hydrogens (primary N) is 1. The smallest absolute Gasteiger partial charge is 0.250 e. The first-order valence-electron chi connectivity index (χ1n) is 5.85. The Morgan fingerprint density at radius 3 is 2.88 bits per heavy atom. The molecule has 4 heteroatoms. The second-order valence-electron chi connectivity index (χ2n) is 3.85. The number of para-hydroxylation sites is 1. The fourth-order valence-corrected chi connectivity index (χ4v) is 1.63. The molecule has 0 saturated carbocycles. The summed E-state index contributed by atoms with van der Waals surface area (Å²) in [4.78, 5) is 11.6. The number of rotatable bonds is 6. The first-order chi connectivity index (χ1) is 8.19. The number of carbonyl (C=O) groups is 1. The second-order valence-corrected chi connectivity index (χ2v) is 3.85. The van der Waals surface area contributed by atoms with Crippen LogP contribution in [0.5, 0.6) is 0 Å². The van der Waals surface area contributed by atoms with Crippen molar-refractivity contribution in [1.29, 1.82) is 0 Å². The summed E-state index contributed by atoms with van der Waals surface area (Å²) in [5.74, 6) is -0.137. The molecule has 0 spiro atoms. The molecule has 0 aliphatic heterocycles. The van der Waals surface area contributed by atoms with Crippen molar-refractivity contribution in [3.05, 3.63) is 29.3 Å². The molecule has 0 radical (unpaired) electrons. The summed E-state index contributed by atoms with van der Waals surface area (Å²) in [6, 6.07) is 5.99. The van der Waals surface area contributed by atoms with Crippen molar-refractivity contribution in [1.82, 2.24) is 0 Å². The van der Waals surface area contributed by atoms with Gasteiger partial charge in [0.05, 0.1) is 6.61 Å². The van der Waals surface area contributed by atoms with Crippen LogP contribution in [0.15, 0.2) is 18.2 Å². The maximum atomic E-state index is 11.6. The maximum Gasteiger partial charge on any atom is 0.250 e. The Hall–Kier alpha value is -1.39. The van der Waals surface area contributed by atoms with Gasteiger partial charge in [0, 0.05) is 12.2 Å². The highest BCUT2D eigenvalue weighted by Crippen LogP contribution is 2.20. The van der Waals surface area contributed by atoms with Crippen molar-refractivity contribution in [3.63, 3.8) is 0 Å². The highest BCUT2D eigenvalue weighted by atomic mass is 16.5. The summed E-state index contributed by atoms with van der Waals surface area (Å²) in [5.41, 5.74) is 8.38. The third-order valence-electron chi connectivity index (χ3n) is 2.50. The lowest BCUT2D eigenvalue weighted by atomic mass is 10.1. The maximum absolute atomic E-state index is 11.6. The zero-order chi connectivity index (χ0) is 12.7. The van der Waals surface area contributed by atoms with E-state index in [1.807, 2.05) is 25.1 Å². The number of amides is 1. The fraction of sp³-hybridized carbons (Fsp3) is 0.462. The number of aryl methyl sites for hydroxylation is 2. The Morgan fingerprint density at radius 1 is 1.47 bits per heavy atom. The molecule has 0 aliphatic carbocycles. The van der Waals surface area contributed by atoms with Crippen molar-refractivity contribution in [2.24, 2.45) is 5.73 Å². The minimum absolute atomic E-state index is 0.0503. The van der Waals surface area contributed by atoms with Gasteiger partial charge in [-0.3, -0.25) is 4.79 Å². The molecular formula is C13H20N2O2. The van der Waals surface area contributed by atoms with Crippen LogP contribution in [0.25, 0.3) is 0 Å². The van der Waals surface area contributed by atoms with E-state index in [1.54, 1.807) is 0 Å². The van der Waals surface area contributed by atoms with Gasteiger partial charge in [-0.2, -0.15) is 0 Å². The van der Waals surface area contributed by atoms with Crippen LogP contribution in [-0.2, 0) is 16.0 Å². The van der Waals surface area contributed by atoms with Gasteiger partial charge in [-0.25, -0.2) is 0 Å². The van der Waals surface area contributed by atoms with Gasteiger partial charge in [0.1, 0.15) is 6.61 Å². The summed E-state index contributed by atoms with van der Waals surface area (Å²) in [6.07, 6.45) is 0.890. The zero-order valence-corrected chi connectivity index (χ0v) is 10.5. The Kier molecular flexibility index (Phi) is 5.66. The van der Waals surface area contributed by atoms with Gasteiger partial charge in [-0.05, 0) is 24.5 Å². The first-order valence-corrected chi connectivity index (χ1v) is 5.85. The molecule has 94 valence electrons. The standard InChI is InChI=1S/C13H20N2O2/c1-3-11-6-4-5-10(2)13(11)15-12(16)9-17-8-7-14/h4-6H,3,7-9,14H2,1-2H3,(H,15,16). The Balaban J connectivity index is 2.64. The number of ether oxygens (including phenoxy) is 1. The van der Waals surface area contributed by atoms with Crippen molar-refractivity contribution < 1.29 is 9.53 Å². The van der Waals surface area contributed by atoms with Crippen LogP contribution in [0, 0.1) is 6.92 Å². The third kappa shape index (κ3) is 4.17. The summed E-state index contributed by atoms with van der Waals surface area (Å²) < 4.78 is 5.09. The Labute approximate surface area is 102 Å². The normalized spacial score (nSPS) is 10.3. The molecule has 0 heterocycles. The lowest BCUT2D eigenvalue weighted by molar-refractivity contribution is -0.120. The van der Waals surface area contributed by atoms with Crippen LogP contribution in [-0.4, -0.2) is 25.7 Å². The molecule has 1 aromatic carbocycles. The molecular weight excluding hydrogens is 216 g/mol. The number of nitrogens with one attached hydrogen (secondary N) is 1. The van der Waals surface area contributed by atoms with Crippen LogP contribution in [0.2, 0.25) is 0 Å². The molecule has 0 fully saturated rings. The molecule has 0 atom stereocenters. The predicted octanol–water partition coefficient (Wildman–Crippen LogP) is 1.47. The quantitative estimate of drug-likeness (QED) is 0.735. The lowest BCUT2D eigenvalue weighted by Crippen LogP contribution is -2.21. The van der Waals surface area contributed by atoms with E-state index in [-0.39, 0.29) is 12.5 Å². The summed E-state index contributed by atoms with van der Waals surface area (Å²) >= 11 is 0. The van der Waals surface area contributed by atoms with E-state index in [9.17, 15) is 4.79 Å². The van der Waals surface area contributed by atoms with E-state index < -0.39 is 0 Å². The second kappa shape index (κ2) is 7.04. The van der Waals surface area contributed by atoms with Gasteiger partial charge in [-0.15, -0.1) is 0 Å². The first kappa shape index (κ1) is 13.7. The van der Waals surface area contributed by atoms with Crippen LogP contribution in [0.3, 0.4) is 0 Å². The van der Waals surface area contributed by atoms with Crippen LogP contribution in [0.4, 0.5) is 5.69 Å². The summed E-state index contributed by atoms with van der Waals surface area (Å²) in [6.45, 7) is 4.93. The number of benzene rings is 1. The lowest BCUT2D eigenvalue weighted by Gasteiger charge is -2.12. The van der Waals surface area contributed by atoms with Gasteiger partial charge in [0.25, 0.3) is 0 Å². The van der Waals surface area contributed by atoms with Gasteiger partial charge < -0.3 is 15.8 Å².